The molecule has 0 bridgehead atoms. The van der Waals surface area contributed by atoms with Gasteiger partial charge in [0, 0.05) is 6.16 Å². The first-order valence-corrected chi connectivity index (χ1v) is 3.19. The zero-order valence-electron chi connectivity index (χ0n) is 4.64. The lowest BCUT2D eigenvalue weighted by Crippen LogP contribution is -1.63. The third kappa shape index (κ3) is 5.84. The topological polar surface area (TPSA) is 17.1 Å². The van der Waals surface area contributed by atoms with Crippen LogP contribution in [0.1, 0.15) is 13.8 Å². The molecule has 0 saturated carbocycles. The predicted octanol–water partition coefficient (Wildman–Crippen LogP) is 2.24. The molecule has 1 nitrogen and oxygen atoms in total. The standard InChI is InChI=1S/C5H9OP/c1-5(2)3-4-7-6/h3H,4H2,1-2H3. The molecule has 0 radical (unpaired) electrons. The summed E-state index contributed by atoms with van der Waals surface area (Å²) in [6.07, 6.45) is 2.59. The van der Waals surface area contributed by atoms with Crippen LogP contribution in [0, 0.1) is 0 Å². The molecule has 0 amide bonds. The molecule has 0 spiro atoms. The van der Waals surface area contributed by atoms with Gasteiger partial charge in [0.15, 0.2) is 8.46 Å². The Hall–Kier alpha value is -0.160. The summed E-state index contributed by atoms with van der Waals surface area (Å²) in [4.78, 5) is 0. The van der Waals surface area contributed by atoms with Crippen molar-refractivity contribution in [3.05, 3.63) is 11.6 Å². The van der Waals surface area contributed by atoms with Crippen molar-refractivity contribution >= 4 is 8.46 Å². The molecule has 0 N–H and O–H groups in total. The van der Waals surface area contributed by atoms with Gasteiger partial charge in [-0.3, -0.25) is 4.57 Å². The fourth-order valence-electron chi connectivity index (χ4n) is 0.220. The van der Waals surface area contributed by atoms with Crippen LogP contribution in [-0.4, -0.2) is 6.16 Å². The van der Waals surface area contributed by atoms with E-state index < -0.39 is 0 Å². The summed E-state index contributed by atoms with van der Waals surface area (Å²) < 4.78 is 9.76. The van der Waals surface area contributed by atoms with Crippen LogP contribution in [-0.2, 0) is 4.57 Å². The lowest BCUT2D eigenvalue weighted by atomic mass is 10.3. The maximum absolute atomic E-state index is 9.76. The van der Waals surface area contributed by atoms with Crippen LogP contribution in [0.15, 0.2) is 11.6 Å². The van der Waals surface area contributed by atoms with Crippen LogP contribution in [0.2, 0.25) is 0 Å². The molecule has 0 unspecified atom stereocenters. The van der Waals surface area contributed by atoms with Gasteiger partial charge in [0.25, 0.3) is 0 Å². The van der Waals surface area contributed by atoms with Crippen molar-refractivity contribution in [2.75, 3.05) is 6.16 Å². The highest BCUT2D eigenvalue weighted by molar-refractivity contribution is 7.23. The lowest BCUT2D eigenvalue weighted by molar-refractivity contribution is 0.600. The van der Waals surface area contributed by atoms with E-state index >= 15 is 0 Å². The van der Waals surface area contributed by atoms with Crippen LogP contribution in [0.25, 0.3) is 0 Å². The first kappa shape index (κ1) is 6.84. The predicted molar refractivity (Wildman–Crippen MR) is 31.9 cm³/mol. The summed E-state index contributed by atoms with van der Waals surface area (Å²) in [5.41, 5.74) is 1.23. The third-order valence-corrected chi connectivity index (χ3v) is 0.906. The Morgan fingerprint density at radius 2 is 2.29 bits per heavy atom. The van der Waals surface area contributed by atoms with Crippen molar-refractivity contribution in [3.8, 4) is 0 Å². The molecule has 0 aliphatic carbocycles. The molecular weight excluding hydrogens is 107 g/mol. The Bertz CT molecular complexity index is 82.1. The Kier molecular flexibility index (Phi) is 3.92. The first-order chi connectivity index (χ1) is 3.27. The van der Waals surface area contributed by atoms with Gasteiger partial charge in [0.1, 0.15) is 0 Å². The second-order valence-electron chi connectivity index (χ2n) is 1.59. The molecule has 0 aromatic carbocycles. The van der Waals surface area contributed by atoms with Crippen molar-refractivity contribution in [2.24, 2.45) is 0 Å². The van der Waals surface area contributed by atoms with Crippen LogP contribution in [0.5, 0.6) is 0 Å². The van der Waals surface area contributed by atoms with Gasteiger partial charge in [0.05, 0.1) is 0 Å². The molecule has 0 rings (SSSR count). The average Bonchev–Trinajstić information content (AvgIpc) is 1.61. The molecule has 0 aliphatic rings. The zero-order valence-corrected chi connectivity index (χ0v) is 5.53. The van der Waals surface area contributed by atoms with E-state index in [1.54, 1.807) is 0 Å². The van der Waals surface area contributed by atoms with E-state index in [4.69, 9.17) is 0 Å². The lowest BCUT2D eigenvalue weighted by Gasteiger charge is -1.79. The molecule has 0 heterocycles. The van der Waals surface area contributed by atoms with Gasteiger partial charge in [-0.15, -0.1) is 0 Å². The average molecular weight is 116 g/mol. The van der Waals surface area contributed by atoms with Gasteiger partial charge in [-0.25, -0.2) is 0 Å². The Morgan fingerprint density at radius 1 is 1.71 bits per heavy atom. The minimum absolute atomic E-state index is 0.214. The molecule has 0 aliphatic heterocycles. The van der Waals surface area contributed by atoms with Gasteiger partial charge in [0.2, 0.25) is 0 Å². The molecular formula is C5H9OP. The van der Waals surface area contributed by atoms with Crippen LogP contribution in [0.4, 0.5) is 0 Å². The number of hydrogen-bond donors (Lipinski definition) is 0. The molecule has 0 fully saturated rings. The van der Waals surface area contributed by atoms with Gasteiger partial charge in [-0.2, -0.15) is 0 Å². The minimum atomic E-state index is 0.214. The van der Waals surface area contributed by atoms with Crippen molar-refractivity contribution in [3.63, 3.8) is 0 Å². The molecule has 40 valence electrons. The summed E-state index contributed by atoms with van der Waals surface area (Å²) in [5, 5.41) is 0. The number of hydrogen-bond acceptors (Lipinski definition) is 1. The maximum atomic E-state index is 9.76. The summed E-state index contributed by atoms with van der Waals surface area (Å²) >= 11 is 0. The van der Waals surface area contributed by atoms with E-state index in [0.29, 0.717) is 6.16 Å². The second-order valence-corrected chi connectivity index (χ2v) is 2.22. The van der Waals surface area contributed by atoms with E-state index in [9.17, 15) is 4.57 Å². The normalized spacial score (nSPS) is 8.86. The van der Waals surface area contributed by atoms with Crippen LogP contribution < -0.4 is 0 Å². The summed E-state index contributed by atoms with van der Waals surface area (Å²) in [7, 11) is 0.214. The van der Waals surface area contributed by atoms with Gasteiger partial charge < -0.3 is 0 Å². The fourth-order valence-corrected chi connectivity index (χ4v) is 0.660. The fraction of sp³-hybridized carbons (Fsp3) is 0.600. The number of allylic oxidation sites excluding steroid dienone is 2. The summed E-state index contributed by atoms with van der Waals surface area (Å²) in [5.74, 6) is 0. The van der Waals surface area contributed by atoms with E-state index in [0.717, 1.165) is 0 Å². The number of rotatable bonds is 2. The Labute approximate surface area is 45.6 Å². The van der Waals surface area contributed by atoms with Crippen molar-refractivity contribution < 1.29 is 4.57 Å². The molecule has 2 heteroatoms. The zero-order chi connectivity index (χ0) is 5.70. The SMILES string of the molecule is CC(C)=CCP=O. The molecule has 7 heavy (non-hydrogen) atoms. The highest BCUT2D eigenvalue weighted by atomic mass is 31.1. The monoisotopic (exact) mass is 116 g/mol. The molecule has 0 aromatic heterocycles. The van der Waals surface area contributed by atoms with E-state index in [1.165, 1.54) is 5.57 Å². The summed E-state index contributed by atoms with van der Waals surface area (Å²) in [6.45, 7) is 3.98. The second kappa shape index (κ2) is 4.01. The van der Waals surface area contributed by atoms with Crippen LogP contribution >= 0.6 is 8.46 Å². The largest absolute Gasteiger partial charge is 0.275 e. The smallest absolute Gasteiger partial charge is 0.159 e. The summed E-state index contributed by atoms with van der Waals surface area (Å²) in [6, 6.07) is 0. The molecule has 0 saturated heterocycles. The van der Waals surface area contributed by atoms with Gasteiger partial charge >= 0.3 is 0 Å². The molecule has 0 aromatic rings. The highest BCUT2D eigenvalue weighted by Gasteiger charge is 1.73. The van der Waals surface area contributed by atoms with Gasteiger partial charge in [-0.05, 0) is 13.8 Å². The Morgan fingerprint density at radius 3 is 2.43 bits per heavy atom. The Balaban J connectivity index is 3.25. The van der Waals surface area contributed by atoms with E-state index in [1.807, 2.05) is 19.9 Å². The highest BCUT2D eigenvalue weighted by Crippen LogP contribution is 1.95. The van der Waals surface area contributed by atoms with E-state index in [2.05, 4.69) is 0 Å². The molecule has 0 atom stereocenters. The van der Waals surface area contributed by atoms with E-state index in [-0.39, 0.29) is 8.46 Å². The minimum Gasteiger partial charge on any atom is -0.275 e. The first-order valence-electron chi connectivity index (χ1n) is 2.20. The van der Waals surface area contributed by atoms with Crippen LogP contribution in [0.3, 0.4) is 0 Å². The van der Waals surface area contributed by atoms with Crippen molar-refractivity contribution in [2.45, 2.75) is 13.8 Å². The van der Waals surface area contributed by atoms with Crippen molar-refractivity contribution in [1.82, 2.24) is 0 Å². The quantitative estimate of drug-likeness (QED) is 0.399. The van der Waals surface area contributed by atoms with Crippen molar-refractivity contribution in [1.29, 1.82) is 0 Å². The third-order valence-electron chi connectivity index (χ3n) is 0.574. The maximum Gasteiger partial charge on any atom is 0.159 e. The van der Waals surface area contributed by atoms with Gasteiger partial charge in [-0.1, -0.05) is 11.6 Å².